The third-order valence-corrected chi connectivity index (χ3v) is 3.98. The summed E-state index contributed by atoms with van der Waals surface area (Å²) in [7, 11) is 0. The minimum atomic E-state index is 0.536. The Balaban J connectivity index is 1.81. The van der Waals surface area contributed by atoms with Gasteiger partial charge < -0.3 is 11.1 Å². The number of benzene rings is 1. The molecule has 1 heterocycles. The Morgan fingerprint density at radius 2 is 2.17 bits per heavy atom. The van der Waals surface area contributed by atoms with Gasteiger partial charge in [-0.3, -0.25) is 4.90 Å². The van der Waals surface area contributed by atoms with E-state index >= 15 is 0 Å². The van der Waals surface area contributed by atoms with Crippen molar-refractivity contribution in [2.45, 2.75) is 0 Å². The van der Waals surface area contributed by atoms with E-state index in [1.807, 2.05) is 17.8 Å². The summed E-state index contributed by atoms with van der Waals surface area (Å²) in [6.45, 7) is 4.31. The molecule has 3 N–H and O–H groups in total. The van der Waals surface area contributed by atoms with Crippen molar-refractivity contribution in [3.8, 4) is 6.07 Å². The highest BCUT2D eigenvalue weighted by Gasteiger charge is 2.09. The van der Waals surface area contributed by atoms with Crippen molar-refractivity contribution in [3.05, 3.63) is 23.8 Å². The Labute approximate surface area is 112 Å². The van der Waals surface area contributed by atoms with Gasteiger partial charge in [-0.1, -0.05) is 0 Å². The van der Waals surface area contributed by atoms with Crippen LogP contribution in [0, 0.1) is 11.3 Å². The fourth-order valence-electron chi connectivity index (χ4n) is 1.95. The number of thioether (sulfide) groups is 1. The fraction of sp³-hybridized carbons (Fsp3) is 0.462. The second-order valence-electron chi connectivity index (χ2n) is 4.29. The molecule has 4 nitrogen and oxygen atoms in total. The zero-order valence-corrected chi connectivity index (χ0v) is 11.2. The first kappa shape index (κ1) is 13.1. The number of nitrogen functional groups attached to an aromatic ring is 1. The maximum atomic E-state index is 8.90. The topological polar surface area (TPSA) is 65.1 Å². The minimum absolute atomic E-state index is 0.536. The molecule has 1 aliphatic rings. The molecule has 5 heteroatoms. The van der Waals surface area contributed by atoms with E-state index in [9.17, 15) is 0 Å². The summed E-state index contributed by atoms with van der Waals surface area (Å²) in [5.74, 6) is 2.47. The van der Waals surface area contributed by atoms with Gasteiger partial charge in [-0.05, 0) is 18.2 Å². The number of hydrogen-bond donors (Lipinski definition) is 2. The molecule has 1 saturated heterocycles. The van der Waals surface area contributed by atoms with E-state index in [4.69, 9.17) is 11.0 Å². The zero-order valence-electron chi connectivity index (χ0n) is 10.4. The van der Waals surface area contributed by atoms with Gasteiger partial charge in [0.1, 0.15) is 6.07 Å². The van der Waals surface area contributed by atoms with E-state index in [0.717, 1.165) is 18.8 Å². The van der Waals surface area contributed by atoms with Crippen LogP contribution in [0.2, 0.25) is 0 Å². The average molecular weight is 262 g/mol. The van der Waals surface area contributed by atoms with Gasteiger partial charge in [0.05, 0.1) is 5.56 Å². The smallest absolute Gasteiger partial charge is 0.101 e. The highest BCUT2D eigenvalue weighted by atomic mass is 32.2. The van der Waals surface area contributed by atoms with Crippen molar-refractivity contribution in [2.75, 3.05) is 48.7 Å². The van der Waals surface area contributed by atoms with Crippen molar-refractivity contribution in [3.63, 3.8) is 0 Å². The summed E-state index contributed by atoms with van der Waals surface area (Å²) >= 11 is 2.02. The lowest BCUT2D eigenvalue weighted by Crippen LogP contribution is -2.36. The van der Waals surface area contributed by atoms with Crippen molar-refractivity contribution in [2.24, 2.45) is 0 Å². The molecule has 0 radical (unpaired) electrons. The van der Waals surface area contributed by atoms with Crippen molar-refractivity contribution in [1.29, 1.82) is 5.26 Å². The van der Waals surface area contributed by atoms with Gasteiger partial charge in [0.15, 0.2) is 0 Å². The Morgan fingerprint density at radius 1 is 1.39 bits per heavy atom. The lowest BCUT2D eigenvalue weighted by atomic mass is 10.2. The molecule has 0 unspecified atom stereocenters. The van der Waals surface area contributed by atoms with Gasteiger partial charge in [0.25, 0.3) is 0 Å². The molecule has 0 amide bonds. The molecular weight excluding hydrogens is 244 g/mol. The minimum Gasteiger partial charge on any atom is -0.398 e. The molecule has 0 saturated carbocycles. The first-order valence-electron chi connectivity index (χ1n) is 6.13. The molecule has 1 aliphatic heterocycles. The lowest BCUT2D eigenvalue weighted by molar-refractivity contribution is 0.314. The van der Waals surface area contributed by atoms with Crippen LogP contribution in [0.15, 0.2) is 18.2 Å². The second kappa shape index (κ2) is 6.53. The summed E-state index contributed by atoms with van der Waals surface area (Å²) in [4.78, 5) is 2.46. The van der Waals surface area contributed by atoms with Crippen LogP contribution >= 0.6 is 11.8 Å². The SMILES string of the molecule is N#Cc1cc(NCCN2CCSCC2)ccc1N. The van der Waals surface area contributed by atoms with Gasteiger partial charge in [0, 0.05) is 49.1 Å². The summed E-state index contributed by atoms with van der Waals surface area (Å²) in [5, 5.41) is 12.2. The van der Waals surface area contributed by atoms with Crippen LogP contribution in [0.3, 0.4) is 0 Å². The maximum absolute atomic E-state index is 8.90. The summed E-state index contributed by atoms with van der Waals surface area (Å²) in [6, 6.07) is 7.60. The number of hydrogen-bond acceptors (Lipinski definition) is 5. The molecule has 0 aliphatic carbocycles. The van der Waals surface area contributed by atoms with Crippen LogP contribution in [0.5, 0.6) is 0 Å². The normalized spacial score (nSPS) is 16.2. The summed E-state index contributed by atoms with van der Waals surface area (Å²) in [5.41, 5.74) is 7.72. The van der Waals surface area contributed by atoms with Crippen LogP contribution in [-0.2, 0) is 0 Å². The third kappa shape index (κ3) is 3.56. The van der Waals surface area contributed by atoms with Gasteiger partial charge in [-0.2, -0.15) is 17.0 Å². The standard InChI is InChI=1S/C13H18N4S/c14-10-11-9-12(1-2-13(11)15)16-3-4-17-5-7-18-8-6-17/h1-2,9,16H,3-8,15H2. The molecule has 0 aromatic heterocycles. The van der Waals surface area contributed by atoms with Gasteiger partial charge in [-0.15, -0.1) is 0 Å². The van der Waals surface area contributed by atoms with Gasteiger partial charge in [-0.25, -0.2) is 0 Å². The molecule has 2 rings (SSSR count). The van der Waals surface area contributed by atoms with Crippen LogP contribution in [0.4, 0.5) is 11.4 Å². The Morgan fingerprint density at radius 3 is 2.89 bits per heavy atom. The number of nitrogens with one attached hydrogen (secondary N) is 1. The van der Waals surface area contributed by atoms with E-state index < -0.39 is 0 Å². The molecule has 1 aromatic rings. The van der Waals surface area contributed by atoms with E-state index in [1.54, 1.807) is 12.1 Å². The molecule has 18 heavy (non-hydrogen) atoms. The number of nitriles is 1. The Hall–Kier alpha value is -1.38. The first-order chi connectivity index (χ1) is 8.79. The van der Waals surface area contributed by atoms with E-state index in [0.29, 0.717) is 11.3 Å². The molecule has 0 spiro atoms. The summed E-state index contributed by atoms with van der Waals surface area (Å²) in [6.07, 6.45) is 0. The number of anilines is 2. The molecule has 96 valence electrons. The largest absolute Gasteiger partial charge is 0.398 e. The van der Waals surface area contributed by atoms with Crippen molar-refractivity contribution < 1.29 is 0 Å². The predicted molar refractivity (Wildman–Crippen MR) is 77.8 cm³/mol. The summed E-state index contributed by atoms with van der Waals surface area (Å²) < 4.78 is 0. The monoisotopic (exact) mass is 262 g/mol. The fourth-order valence-corrected chi connectivity index (χ4v) is 2.92. The zero-order chi connectivity index (χ0) is 12.8. The molecule has 1 fully saturated rings. The van der Waals surface area contributed by atoms with Crippen molar-refractivity contribution in [1.82, 2.24) is 4.90 Å². The predicted octanol–water partition coefficient (Wildman–Crippen LogP) is 1.60. The van der Waals surface area contributed by atoms with E-state index in [1.165, 1.54) is 24.6 Å². The number of rotatable bonds is 4. The molecule has 0 atom stereocenters. The number of nitrogens with two attached hydrogens (primary N) is 1. The van der Waals surface area contributed by atoms with E-state index in [2.05, 4.69) is 16.3 Å². The van der Waals surface area contributed by atoms with Gasteiger partial charge in [0.2, 0.25) is 0 Å². The highest BCUT2D eigenvalue weighted by Crippen LogP contribution is 2.16. The Bertz CT molecular complexity index is 435. The molecule has 0 bridgehead atoms. The van der Waals surface area contributed by atoms with Gasteiger partial charge >= 0.3 is 0 Å². The molecule has 1 aromatic carbocycles. The van der Waals surface area contributed by atoms with Crippen LogP contribution in [-0.4, -0.2) is 42.6 Å². The van der Waals surface area contributed by atoms with Crippen LogP contribution < -0.4 is 11.1 Å². The average Bonchev–Trinajstić information content (AvgIpc) is 2.42. The Kier molecular flexibility index (Phi) is 4.73. The first-order valence-corrected chi connectivity index (χ1v) is 7.28. The maximum Gasteiger partial charge on any atom is 0.101 e. The van der Waals surface area contributed by atoms with Crippen LogP contribution in [0.1, 0.15) is 5.56 Å². The van der Waals surface area contributed by atoms with Crippen LogP contribution in [0.25, 0.3) is 0 Å². The second-order valence-corrected chi connectivity index (χ2v) is 5.52. The third-order valence-electron chi connectivity index (χ3n) is 3.03. The molecular formula is C13H18N4S. The highest BCUT2D eigenvalue weighted by molar-refractivity contribution is 7.99. The lowest BCUT2D eigenvalue weighted by Gasteiger charge is -2.26. The van der Waals surface area contributed by atoms with Crippen molar-refractivity contribution >= 4 is 23.1 Å². The van der Waals surface area contributed by atoms with E-state index in [-0.39, 0.29) is 0 Å². The number of nitrogens with zero attached hydrogens (tertiary/aromatic N) is 2. The quantitative estimate of drug-likeness (QED) is 0.807.